The van der Waals surface area contributed by atoms with Gasteiger partial charge in [0.2, 0.25) is 5.91 Å². The van der Waals surface area contributed by atoms with Gasteiger partial charge in [-0.15, -0.1) is 0 Å². The Kier molecular flexibility index (Phi) is 5.93. The van der Waals surface area contributed by atoms with Gasteiger partial charge in [-0.1, -0.05) is 0 Å². The van der Waals surface area contributed by atoms with E-state index in [0.717, 1.165) is 11.4 Å². The van der Waals surface area contributed by atoms with Crippen molar-refractivity contribution in [2.24, 2.45) is 0 Å². The van der Waals surface area contributed by atoms with Gasteiger partial charge in [0.05, 0.1) is 24.2 Å². The molecule has 0 fully saturated rings. The topological polar surface area (TPSA) is 107 Å². The van der Waals surface area contributed by atoms with Gasteiger partial charge in [0.25, 0.3) is 5.91 Å². The predicted molar refractivity (Wildman–Crippen MR) is 103 cm³/mol. The van der Waals surface area contributed by atoms with Gasteiger partial charge in [-0.25, -0.2) is 0 Å². The van der Waals surface area contributed by atoms with E-state index in [4.69, 9.17) is 4.42 Å². The fourth-order valence-electron chi connectivity index (χ4n) is 2.83. The molecule has 0 saturated carbocycles. The molecular formula is C19H24N6O3. The minimum absolute atomic E-state index is 0.174. The molecule has 9 nitrogen and oxygen atoms in total. The lowest BCUT2D eigenvalue weighted by Crippen LogP contribution is -2.25. The van der Waals surface area contributed by atoms with E-state index in [1.54, 1.807) is 34.0 Å². The summed E-state index contributed by atoms with van der Waals surface area (Å²) >= 11 is 0. The number of hydrogen-bond acceptors (Lipinski definition) is 5. The summed E-state index contributed by atoms with van der Waals surface area (Å²) < 4.78 is 8.61. The van der Waals surface area contributed by atoms with Crippen molar-refractivity contribution in [2.75, 3.05) is 5.32 Å². The lowest BCUT2D eigenvalue weighted by Gasteiger charge is -2.07. The molecule has 0 aliphatic carbocycles. The van der Waals surface area contributed by atoms with Crippen LogP contribution in [0.5, 0.6) is 0 Å². The Balaban J connectivity index is 1.63. The Labute approximate surface area is 162 Å². The summed E-state index contributed by atoms with van der Waals surface area (Å²) in [5, 5.41) is 14.1. The molecule has 148 valence electrons. The van der Waals surface area contributed by atoms with Crippen LogP contribution in [0.1, 0.15) is 41.0 Å². The van der Waals surface area contributed by atoms with Crippen LogP contribution >= 0.6 is 0 Å². The van der Waals surface area contributed by atoms with Crippen LogP contribution in [-0.4, -0.2) is 31.4 Å². The number of carbonyl (C=O) groups is 2. The lowest BCUT2D eigenvalue weighted by molar-refractivity contribution is -0.116. The molecule has 3 aromatic heterocycles. The monoisotopic (exact) mass is 384 g/mol. The molecular weight excluding hydrogens is 360 g/mol. The smallest absolute Gasteiger partial charge is 0.274 e. The first kappa shape index (κ1) is 19.4. The molecule has 0 saturated heterocycles. The van der Waals surface area contributed by atoms with Gasteiger partial charge >= 0.3 is 0 Å². The van der Waals surface area contributed by atoms with E-state index < -0.39 is 0 Å². The first-order valence-corrected chi connectivity index (χ1v) is 9.15. The van der Waals surface area contributed by atoms with Crippen molar-refractivity contribution in [3.63, 3.8) is 0 Å². The van der Waals surface area contributed by atoms with Gasteiger partial charge in [0.15, 0.2) is 5.69 Å². The highest BCUT2D eigenvalue weighted by molar-refractivity contribution is 6.02. The molecule has 9 heteroatoms. The molecule has 0 aromatic carbocycles. The average Bonchev–Trinajstić information content (AvgIpc) is 3.38. The number of nitrogens with one attached hydrogen (secondary N) is 2. The van der Waals surface area contributed by atoms with E-state index in [1.807, 2.05) is 26.8 Å². The third-order valence-corrected chi connectivity index (χ3v) is 4.23. The standard InChI is InChI=1S/C19H24N6O3/c1-4-24-12-16(18(23-24)19(27)20-11-15-6-5-9-28-15)21-17(26)7-8-25-14(3)10-13(2)22-25/h5-6,9-10,12H,4,7-8,11H2,1-3H3,(H,20,27)(H,21,26). The van der Waals surface area contributed by atoms with Crippen molar-refractivity contribution in [1.29, 1.82) is 0 Å². The highest BCUT2D eigenvalue weighted by Gasteiger charge is 2.19. The molecule has 0 aliphatic heterocycles. The number of aryl methyl sites for hydroxylation is 4. The molecule has 3 rings (SSSR count). The van der Waals surface area contributed by atoms with Crippen molar-refractivity contribution in [3.8, 4) is 0 Å². The summed E-state index contributed by atoms with van der Waals surface area (Å²) in [6, 6.07) is 5.49. The SMILES string of the molecule is CCn1cc(NC(=O)CCn2nc(C)cc2C)c(C(=O)NCc2ccco2)n1. The van der Waals surface area contributed by atoms with Gasteiger partial charge in [-0.05, 0) is 39.0 Å². The summed E-state index contributed by atoms with van der Waals surface area (Å²) in [4.78, 5) is 24.9. The highest BCUT2D eigenvalue weighted by Crippen LogP contribution is 2.15. The molecule has 2 N–H and O–H groups in total. The number of amides is 2. The van der Waals surface area contributed by atoms with Crippen LogP contribution in [0, 0.1) is 13.8 Å². The van der Waals surface area contributed by atoms with Gasteiger partial charge in [0, 0.05) is 31.4 Å². The number of anilines is 1. The first-order valence-electron chi connectivity index (χ1n) is 9.15. The Bertz CT molecular complexity index is 955. The van der Waals surface area contributed by atoms with Crippen LogP contribution in [0.3, 0.4) is 0 Å². The van der Waals surface area contributed by atoms with E-state index in [0.29, 0.717) is 24.5 Å². The van der Waals surface area contributed by atoms with Crippen LogP contribution in [0.4, 0.5) is 5.69 Å². The third-order valence-electron chi connectivity index (χ3n) is 4.23. The van der Waals surface area contributed by atoms with E-state index in [2.05, 4.69) is 20.8 Å². The lowest BCUT2D eigenvalue weighted by atomic mass is 10.3. The molecule has 2 amide bonds. The highest BCUT2D eigenvalue weighted by atomic mass is 16.3. The molecule has 0 aliphatic rings. The van der Waals surface area contributed by atoms with Crippen LogP contribution in [0.15, 0.2) is 35.1 Å². The zero-order valence-corrected chi connectivity index (χ0v) is 16.2. The number of nitrogens with zero attached hydrogens (tertiary/aromatic N) is 4. The molecule has 3 aromatic rings. The average molecular weight is 384 g/mol. The number of aromatic nitrogens is 4. The van der Waals surface area contributed by atoms with Gasteiger partial charge in [-0.2, -0.15) is 10.2 Å². The summed E-state index contributed by atoms with van der Waals surface area (Å²) in [6.07, 6.45) is 3.44. The van der Waals surface area contributed by atoms with Crippen molar-refractivity contribution in [2.45, 2.75) is 46.8 Å². The van der Waals surface area contributed by atoms with Crippen molar-refractivity contribution < 1.29 is 14.0 Å². The van der Waals surface area contributed by atoms with Gasteiger partial charge in [-0.3, -0.25) is 19.0 Å². The van der Waals surface area contributed by atoms with Crippen LogP contribution in [-0.2, 0) is 24.4 Å². The fourth-order valence-corrected chi connectivity index (χ4v) is 2.83. The second kappa shape index (κ2) is 8.55. The Morgan fingerprint density at radius 3 is 2.71 bits per heavy atom. The fraction of sp³-hybridized carbons (Fsp3) is 0.368. The number of rotatable bonds is 8. The molecule has 0 unspecified atom stereocenters. The Morgan fingerprint density at radius 1 is 1.25 bits per heavy atom. The van der Waals surface area contributed by atoms with E-state index >= 15 is 0 Å². The zero-order valence-electron chi connectivity index (χ0n) is 16.2. The normalized spacial score (nSPS) is 10.8. The Morgan fingerprint density at radius 2 is 2.07 bits per heavy atom. The second-order valence-corrected chi connectivity index (χ2v) is 6.46. The molecule has 0 radical (unpaired) electrons. The summed E-state index contributed by atoms with van der Waals surface area (Å²) in [5.41, 5.74) is 2.48. The van der Waals surface area contributed by atoms with Gasteiger partial charge < -0.3 is 15.1 Å². The molecule has 3 heterocycles. The predicted octanol–water partition coefficient (Wildman–Crippen LogP) is 2.27. The minimum atomic E-state index is -0.377. The molecule has 0 bridgehead atoms. The number of carbonyl (C=O) groups excluding carboxylic acids is 2. The van der Waals surface area contributed by atoms with Crippen LogP contribution < -0.4 is 10.6 Å². The van der Waals surface area contributed by atoms with Gasteiger partial charge in [0.1, 0.15) is 5.76 Å². The van der Waals surface area contributed by atoms with Crippen molar-refractivity contribution in [1.82, 2.24) is 24.9 Å². The van der Waals surface area contributed by atoms with Crippen molar-refractivity contribution in [3.05, 3.63) is 53.5 Å². The third kappa shape index (κ3) is 4.67. The first-order chi connectivity index (χ1) is 13.5. The van der Waals surface area contributed by atoms with Crippen molar-refractivity contribution >= 4 is 17.5 Å². The summed E-state index contributed by atoms with van der Waals surface area (Å²) in [7, 11) is 0. The van der Waals surface area contributed by atoms with E-state index in [-0.39, 0.29) is 30.5 Å². The number of furan rings is 1. The minimum Gasteiger partial charge on any atom is -0.467 e. The zero-order chi connectivity index (χ0) is 20.1. The maximum absolute atomic E-state index is 12.5. The molecule has 0 spiro atoms. The summed E-state index contributed by atoms with van der Waals surface area (Å²) in [5.74, 6) is 0.0551. The molecule has 28 heavy (non-hydrogen) atoms. The van der Waals surface area contributed by atoms with Crippen LogP contribution in [0.2, 0.25) is 0 Å². The maximum Gasteiger partial charge on any atom is 0.274 e. The quantitative estimate of drug-likeness (QED) is 0.619. The Hall–Kier alpha value is -3.36. The molecule has 0 atom stereocenters. The van der Waals surface area contributed by atoms with E-state index in [9.17, 15) is 9.59 Å². The van der Waals surface area contributed by atoms with E-state index in [1.165, 1.54) is 0 Å². The van der Waals surface area contributed by atoms with Crippen LogP contribution in [0.25, 0.3) is 0 Å². The summed E-state index contributed by atoms with van der Waals surface area (Å²) in [6.45, 7) is 7.07. The maximum atomic E-state index is 12.5. The second-order valence-electron chi connectivity index (χ2n) is 6.46. The number of hydrogen-bond donors (Lipinski definition) is 2. The largest absolute Gasteiger partial charge is 0.467 e.